The van der Waals surface area contributed by atoms with Gasteiger partial charge in [0.25, 0.3) is 0 Å². The summed E-state index contributed by atoms with van der Waals surface area (Å²) >= 11 is 0. The van der Waals surface area contributed by atoms with Gasteiger partial charge in [-0.25, -0.2) is 4.98 Å². The minimum Gasteiger partial charge on any atom is -0.496 e. The van der Waals surface area contributed by atoms with Crippen molar-refractivity contribution in [3.05, 3.63) is 34.7 Å². The van der Waals surface area contributed by atoms with Crippen molar-refractivity contribution < 1.29 is 9.47 Å². The summed E-state index contributed by atoms with van der Waals surface area (Å²) in [7, 11) is 1.70. The van der Waals surface area contributed by atoms with Gasteiger partial charge in [-0.15, -0.1) is 0 Å². The number of aryl methyl sites for hydroxylation is 2. The van der Waals surface area contributed by atoms with Gasteiger partial charge in [0.05, 0.1) is 19.4 Å². The number of morpholine rings is 1. The Kier molecular flexibility index (Phi) is 4.58. The molecule has 1 atom stereocenters. The Hall–Kier alpha value is -1.99. The summed E-state index contributed by atoms with van der Waals surface area (Å²) in [5.41, 5.74) is 3.20. The first-order chi connectivity index (χ1) is 11.1. The van der Waals surface area contributed by atoms with E-state index in [-0.39, 0.29) is 6.10 Å². The van der Waals surface area contributed by atoms with E-state index in [2.05, 4.69) is 32.0 Å². The highest BCUT2D eigenvalue weighted by Crippen LogP contribution is 2.26. The largest absolute Gasteiger partial charge is 0.496 e. The Bertz CT molecular complexity index is 685. The van der Waals surface area contributed by atoms with E-state index in [4.69, 9.17) is 9.47 Å². The van der Waals surface area contributed by atoms with Crippen LogP contribution in [0.15, 0.2) is 6.20 Å². The molecule has 1 N–H and O–H groups in total. The Balaban J connectivity index is 1.73. The quantitative estimate of drug-likeness (QED) is 0.925. The van der Waals surface area contributed by atoms with Crippen LogP contribution < -0.4 is 4.74 Å². The maximum atomic E-state index is 5.81. The summed E-state index contributed by atoms with van der Waals surface area (Å²) in [6.45, 7) is 9.03. The maximum Gasteiger partial charge on any atom is 0.180 e. The van der Waals surface area contributed by atoms with Crippen LogP contribution in [0.5, 0.6) is 5.75 Å². The molecule has 1 saturated heterocycles. The lowest BCUT2D eigenvalue weighted by atomic mass is 10.1. The molecule has 1 aliphatic rings. The van der Waals surface area contributed by atoms with Gasteiger partial charge in [0.15, 0.2) is 5.82 Å². The molecule has 1 aliphatic heterocycles. The van der Waals surface area contributed by atoms with E-state index in [1.54, 1.807) is 7.11 Å². The first-order valence-corrected chi connectivity index (χ1v) is 7.80. The van der Waals surface area contributed by atoms with Crippen molar-refractivity contribution in [2.24, 2.45) is 0 Å². The molecule has 0 unspecified atom stereocenters. The number of ether oxygens (including phenoxy) is 2. The molecule has 0 spiro atoms. The fraction of sp³-hybridized carbons (Fsp3) is 0.562. The van der Waals surface area contributed by atoms with E-state index in [0.717, 1.165) is 53.9 Å². The van der Waals surface area contributed by atoms with E-state index in [1.165, 1.54) is 0 Å². The lowest BCUT2D eigenvalue weighted by Crippen LogP contribution is -2.38. The smallest absolute Gasteiger partial charge is 0.180 e. The van der Waals surface area contributed by atoms with Crippen LogP contribution in [0.4, 0.5) is 0 Å². The van der Waals surface area contributed by atoms with Crippen LogP contribution in [0.1, 0.15) is 34.6 Å². The van der Waals surface area contributed by atoms with E-state index < -0.39 is 0 Å². The molecular formula is C16H23N5O2. The molecule has 0 radical (unpaired) electrons. The van der Waals surface area contributed by atoms with Crippen LogP contribution in [-0.2, 0) is 11.3 Å². The summed E-state index contributed by atoms with van der Waals surface area (Å²) in [5.74, 6) is 2.45. The monoisotopic (exact) mass is 317 g/mol. The summed E-state index contributed by atoms with van der Waals surface area (Å²) < 4.78 is 11.3. The zero-order chi connectivity index (χ0) is 16.4. The molecule has 0 amide bonds. The molecule has 2 aromatic rings. The molecule has 7 nitrogen and oxygen atoms in total. The third-order valence-corrected chi connectivity index (χ3v) is 4.18. The number of hydrogen-bond acceptors (Lipinski definition) is 6. The number of H-pyrrole nitrogens is 1. The molecular weight excluding hydrogens is 294 g/mol. The van der Waals surface area contributed by atoms with E-state index >= 15 is 0 Å². The Morgan fingerprint density at radius 3 is 2.91 bits per heavy atom. The minimum absolute atomic E-state index is 0.0960. The standard InChI is InChI=1S/C16H23N5O2/c1-10-7-17-13(11(2)15(10)22-4)8-21-5-6-23-14(9-21)16-18-12(3)19-20-16/h7,14H,5-6,8-9H2,1-4H3,(H,18,19,20)/t14-/m0/s1. The normalized spacial score (nSPS) is 19.0. The lowest BCUT2D eigenvalue weighted by molar-refractivity contribution is -0.0375. The highest BCUT2D eigenvalue weighted by Gasteiger charge is 2.26. The topological polar surface area (TPSA) is 76.2 Å². The number of nitrogens with zero attached hydrogens (tertiary/aromatic N) is 4. The fourth-order valence-electron chi connectivity index (χ4n) is 2.95. The predicted octanol–water partition coefficient (Wildman–Crippen LogP) is 1.71. The molecule has 7 heteroatoms. The van der Waals surface area contributed by atoms with Crippen molar-refractivity contribution in [1.29, 1.82) is 0 Å². The van der Waals surface area contributed by atoms with E-state index in [9.17, 15) is 0 Å². The zero-order valence-corrected chi connectivity index (χ0v) is 14.1. The molecule has 0 saturated carbocycles. The molecule has 23 heavy (non-hydrogen) atoms. The highest BCUT2D eigenvalue weighted by molar-refractivity contribution is 5.41. The molecule has 0 bridgehead atoms. The number of rotatable bonds is 4. The first-order valence-electron chi connectivity index (χ1n) is 7.80. The number of nitrogens with one attached hydrogen (secondary N) is 1. The second-order valence-corrected chi connectivity index (χ2v) is 5.92. The molecule has 0 aliphatic carbocycles. The average Bonchev–Trinajstić information content (AvgIpc) is 2.98. The van der Waals surface area contributed by atoms with E-state index in [0.29, 0.717) is 6.61 Å². The number of pyridine rings is 1. The van der Waals surface area contributed by atoms with Gasteiger partial charge >= 0.3 is 0 Å². The van der Waals surface area contributed by atoms with Crippen LogP contribution in [0.3, 0.4) is 0 Å². The van der Waals surface area contributed by atoms with Crippen molar-refractivity contribution in [1.82, 2.24) is 25.1 Å². The fourth-order valence-corrected chi connectivity index (χ4v) is 2.95. The minimum atomic E-state index is -0.0960. The van der Waals surface area contributed by atoms with Gasteiger partial charge in [0.1, 0.15) is 17.7 Å². The summed E-state index contributed by atoms with van der Waals surface area (Å²) in [6.07, 6.45) is 1.78. The zero-order valence-electron chi connectivity index (χ0n) is 14.1. The Morgan fingerprint density at radius 1 is 1.39 bits per heavy atom. The van der Waals surface area contributed by atoms with Gasteiger partial charge in [-0.1, -0.05) is 0 Å². The van der Waals surface area contributed by atoms with Crippen LogP contribution in [0.2, 0.25) is 0 Å². The summed E-state index contributed by atoms with van der Waals surface area (Å²) in [4.78, 5) is 11.3. The van der Waals surface area contributed by atoms with Gasteiger partial charge in [-0.05, 0) is 20.8 Å². The number of aromatic amines is 1. The molecule has 124 valence electrons. The second kappa shape index (κ2) is 6.64. The molecule has 3 rings (SSSR count). The van der Waals surface area contributed by atoms with Crippen LogP contribution in [-0.4, -0.2) is 51.9 Å². The Morgan fingerprint density at radius 2 is 2.22 bits per heavy atom. The van der Waals surface area contributed by atoms with Crippen LogP contribution >= 0.6 is 0 Å². The van der Waals surface area contributed by atoms with Crippen molar-refractivity contribution in [2.45, 2.75) is 33.4 Å². The van der Waals surface area contributed by atoms with Gasteiger partial charge < -0.3 is 9.47 Å². The third kappa shape index (κ3) is 3.35. The number of aromatic nitrogens is 4. The highest BCUT2D eigenvalue weighted by atomic mass is 16.5. The maximum absolute atomic E-state index is 5.81. The van der Waals surface area contributed by atoms with Crippen LogP contribution in [0, 0.1) is 20.8 Å². The van der Waals surface area contributed by atoms with Gasteiger partial charge in [-0.2, -0.15) is 5.10 Å². The van der Waals surface area contributed by atoms with Gasteiger partial charge in [-0.3, -0.25) is 15.0 Å². The average molecular weight is 317 g/mol. The summed E-state index contributed by atoms with van der Waals surface area (Å²) in [6, 6.07) is 0. The second-order valence-electron chi connectivity index (χ2n) is 5.92. The van der Waals surface area contributed by atoms with Gasteiger partial charge in [0.2, 0.25) is 0 Å². The van der Waals surface area contributed by atoms with Gasteiger partial charge in [0, 0.05) is 37.0 Å². The van der Waals surface area contributed by atoms with Crippen LogP contribution in [0.25, 0.3) is 0 Å². The van der Waals surface area contributed by atoms with E-state index in [1.807, 2.05) is 20.0 Å². The molecule has 1 fully saturated rings. The molecule has 2 aromatic heterocycles. The first kappa shape index (κ1) is 15.9. The van der Waals surface area contributed by atoms with Crippen molar-refractivity contribution >= 4 is 0 Å². The van der Waals surface area contributed by atoms with Crippen molar-refractivity contribution in [2.75, 3.05) is 26.8 Å². The molecule has 3 heterocycles. The molecule has 0 aromatic carbocycles. The van der Waals surface area contributed by atoms with Crippen molar-refractivity contribution in [3.8, 4) is 5.75 Å². The Labute approximate surface area is 136 Å². The summed E-state index contributed by atoms with van der Waals surface area (Å²) in [5, 5.41) is 7.09. The van der Waals surface area contributed by atoms with Crippen molar-refractivity contribution in [3.63, 3.8) is 0 Å². The number of methoxy groups -OCH3 is 1. The lowest BCUT2D eigenvalue weighted by Gasteiger charge is -2.31. The SMILES string of the molecule is COc1c(C)cnc(CN2CCO[C@H](c3n[nH]c(C)n3)C2)c1C. The predicted molar refractivity (Wildman–Crippen MR) is 85.4 cm³/mol. The number of hydrogen-bond donors (Lipinski definition) is 1. The third-order valence-electron chi connectivity index (χ3n) is 4.18.